The lowest BCUT2D eigenvalue weighted by Gasteiger charge is -2.25. The lowest BCUT2D eigenvalue weighted by atomic mass is 9.88. The van der Waals surface area contributed by atoms with Crippen LogP contribution in [-0.4, -0.2) is 42.1 Å². The number of hydrogen-bond acceptors (Lipinski definition) is 2. The van der Waals surface area contributed by atoms with Crippen molar-refractivity contribution in [3.63, 3.8) is 0 Å². The molecule has 1 atom stereocenters. The first kappa shape index (κ1) is 13.7. The molecular weight excluding hydrogens is 196 g/mol. The summed E-state index contributed by atoms with van der Waals surface area (Å²) >= 11 is 0. The monoisotopic (exact) mass is 216 g/mol. The molecule has 0 aliphatic carbocycles. The Hall–Kier alpha value is -1.26. The molecule has 0 heterocycles. The molecule has 0 bridgehead atoms. The first-order valence-electron chi connectivity index (χ1n) is 5.09. The van der Waals surface area contributed by atoms with Crippen LogP contribution in [0.3, 0.4) is 0 Å². The quantitative estimate of drug-likeness (QED) is 0.724. The molecule has 2 N–H and O–H groups in total. The van der Waals surface area contributed by atoms with Crippen LogP contribution in [0.25, 0.3) is 0 Å². The van der Waals surface area contributed by atoms with E-state index in [0.717, 1.165) is 0 Å². The molecule has 0 rings (SSSR count). The van der Waals surface area contributed by atoms with Crippen molar-refractivity contribution in [2.45, 2.75) is 27.2 Å². The Kier molecular flexibility index (Phi) is 5.11. The summed E-state index contributed by atoms with van der Waals surface area (Å²) in [7, 11) is 1.67. The zero-order valence-corrected chi connectivity index (χ0v) is 9.83. The first-order valence-corrected chi connectivity index (χ1v) is 5.09. The van der Waals surface area contributed by atoms with Gasteiger partial charge >= 0.3 is 12.0 Å². The Morgan fingerprint density at radius 1 is 1.40 bits per heavy atom. The number of nitrogens with one attached hydrogen (secondary N) is 1. The molecule has 0 saturated heterocycles. The smallest absolute Gasteiger partial charge is 0.317 e. The van der Waals surface area contributed by atoms with E-state index >= 15 is 0 Å². The van der Waals surface area contributed by atoms with Gasteiger partial charge in [0.1, 0.15) is 0 Å². The van der Waals surface area contributed by atoms with Gasteiger partial charge in [-0.1, -0.05) is 6.92 Å². The van der Waals surface area contributed by atoms with Crippen molar-refractivity contribution in [3.8, 4) is 0 Å². The number of rotatable bonds is 5. The fourth-order valence-electron chi connectivity index (χ4n) is 0.901. The minimum absolute atomic E-state index is 0.155. The van der Waals surface area contributed by atoms with Crippen molar-refractivity contribution < 1.29 is 14.7 Å². The number of carboxylic acids is 1. The molecular formula is C10H20N2O3. The third kappa shape index (κ3) is 3.77. The van der Waals surface area contributed by atoms with Gasteiger partial charge in [0.05, 0.1) is 5.41 Å². The second kappa shape index (κ2) is 5.58. The van der Waals surface area contributed by atoms with E-state index in [0.29, 0.717) is 13.0 Å². The molecule has 0 fully saturated rings. The Morgan fingerprint density at radius 3 is 2.27 bits per heavy atom. The maximum absolute atomic E-state index is 11.4. The molecule has 0 aliphatic rings. The summed E-state index contributed by atoms with van der Waals surface area (Å²) in [6, 6.07) is -0.238. The molecule has 0 aliphatic heterocycles. The summed E-state index contributed by atoms with van der Waals surface area (Å²) < 4.78 is 0. The van der Waals surface area contributed by atoms with Crippen LogP contribution in [0.4, 0.5) is 4.79 Å². The molecule has 15 heavy (non-hydrogen) atoms. The summed E-state index contributed by atoms with van der Waals surface area (Å²) in [6.07, 6.45) is 0.485. The SMILES string of the molecule is CCN(C)C(=O)NCC(C)(CC)C(=O)O. The summed E-state index contributed by atoms with van der Waals surface area (Å²) in [5.74, 6) is -0.885. The van der Waals surface area contributed by atoms with E-state index in [1.165, 1.54) is 4.90 Å². The second-order valence-electron chi connectivity index (χ2n) is 3.89. The van der Waals surface area contributed by atoms with E-state index in [4.69, 9.17) is 5.11 Å². The van der Waals surface area contributed by atoms with Crippen LogP contribution in [-0.2, 0) is 4.79 Å². The van der Waals surface area contributed by atoms with Gasteiger partial charge in [0.15, 0.2) is 0 Å². The highest BCUT2D eigenvalue weighted by molar-refractivity contribution is 5.77. The Balaban J connectivity index is 4.24. The Bertz CT molecular complexity index is 243. The minimum Gasteiger partial charge on any atom is -0.481 e. The fraction of sp³-hybridized carbons (Fsp3) is 0.800. The van der Waals surface area contributed by atoms with E-state index in [-0.39, 0.29) is 12.6 Å². The molecule has 0 aromatic rings. The number of aliphatic carboxylic acids is 1. The van der Waals surface area contributed by atoms with Crippen molar-refractivity contribution in [1.29, 1.82) is 0 Å². The Labute approximate surface area is 90.5 Å². The van der Waals surface area contributed by atoms with Gasteiger partial charge in [-0.05, 0) is 20.3 Å². The molecule has 1 unspecified atom stereocenters. The number of amides is 2. The normalized spacial score (nSPS) is 14.1. The van der Waals surface area contributed by atoms with Crippen LogP contribution in [0.5, 0.6) is 0 Å². The third-order valence-corrected chi connectivity index (χ3v) is 2.75. The summed E-state index contributed by atoms with van der Waals surface area (Å²) in [6.45, 7) is 6.03. The van der Waals surface area contributed by atoms with E-state index in [1.54, 1.807) is 20.9 Å². The predicted molar refractivity (Wildman–Crippen MR) is 57.7 cm³/mol. The fourth-order valence-corrected chi connectivity index (χ4v) is 0.901. The lowest BCUT2D eigenvalue weighted by molar-refractivity contribution is -0.147. The Morgan fingerprint density at radius 2 is 1.93 bits per heavy atom. The van der Waals surface area contributed by atoms with E-state index in [2.05, 4.69) is 5.32 Å². The van der Waals surface area contributed by atoms with E-state index < -0.39 is 11.4 Å². The van der Waals surface area contributed by atoms with Gasteiger partial charge in [-0.25, -0.2) is 4.79 Å². The molecule has 5 heteroatoms. The molecule has 0 aromatic carbocycles. The van der Waals surface area contributed by atoms with Gasteiger partial charge in [0.2, 0.25) is 0 Å². The van der Waals surface area contributed by atoms with Crippen LogP contribution >= 0.6 is 0 Å². The number of nitrogens with zero attached hydrogens (tertiary/aromatic N) is 1. The molecule has 2 amide bonds. The van der Waals surface area contributed by atoms with E-state index in [9.17, 15) is 9.59 Å². The van der Waals surface area contributed by atoms with Crippen LogP contribution in [0.2, 0.25) is 0 Å². The van der Waals surface area contributed by atoms with Crippen LogP contribution in [0.15, 0.2) is 0 Å². The molecule has 0 aromatic heterocycles. The number of urea groups is 1. The van der Waals surface area contributed by atoms with Gasteiger partial charge in [-0.15, -0.1) is 0 Å². The van der Waals surface area contributed by atoms with Crippen molar-refractivity contribution >= 4 is 12.0 Å². The topological polar surface area (TPSA) is 69.6 Å². The van der Waals surface area contributed by atoms with Crippen molar-refractivity contribution in [3.05, 3.63) is 0 Å². The summed E-state index contributed by atoms with van der Waals surface area (Å²) in [4.78, 5) is 23.8. The number of carbonyl (C=O) groups excluding carboxylic acids is 1. The average Bonchev–Trinajstić information content (AvgIpc) is 2.23. The standard InChI is InChI=1S/C10H20N2O3/c1-5-10(3,8(13)14)7-11-9(15)12(4)6-2/h5-7H2,1-4H3,(H,11,15)(H,13,14). The molecule has 5 nitrogen and oxygen atoms in total. The zero-order chi connectivity index (χ0) is 12.1. The highest BCUT2D eigenvalue weighted by Gasteiger charge is 2.31. The number of hydrogen-bond donors (Lipinski definition) is 2. The van der Waals surface area contributed by atoms with Crippen LogP contribution in [0.1, 0.15) is 27.2 Å². The molecule has 0 radical (unpaired) electrons. The molecule has 88 valence electrons. The van der Waals surface area contributed by atoms with Gasteiger partial charge in [-0.3, -0.25) is 4.79 Å². The van der Waals surface area contributed by atoms with Gasteiger partial charge in [0, 0.05) is 20.1 Å². The maximum atomic E-state index is 11.4. The second-order valence-corrected chi connectivity index (χ2v) is 3.89. The highest BCUT2D eigenvalue weighted by atomic mass is 16.4. The number of carbonyl (C=O) groups is 2. The van der Waals surface area contributed by atoms with Gasteiger partial charge in [-0.2, -0.15) is 0 Å². The summed E-state index contributed by atoms with van der Waals surface area (Å²) in [5, 5.41) is 11.6. The van der Waals surface area contributed by atoms with Crippen molar-refractivity contribution in [1.82, 2.24) is 10.2 Å². The molecule has 0 saturated carbocycles. The minimum atomic E-state index is -0.885. The van der Waals surface area contributed by atoms with Crippen molar-refractivity contribution in [2.24, 2.45) is 5.41 Å². The van der Waals surface area contributed by atoms with Crippen LogP contribution < -0.4 is 5.32 Å². The first-order chi connectivity index (χ1) is 6.87. The largest absolute Gasteiger partial charge is 0.481 e. The third-order valence-electron chi connectivity index (χ3n) is 2.75. The van der Waals surface area contributed by atoms with Crippen LogP contribution in [0, 0.1) is 5.41 Å². The predicted octanol–water partition coefficient (Wildman–Crippen LogP) is 1.15. The molecule has 0 spiro atoms. The lowest BCUT2D eigenvalue weighted by Crippen LogP contribution is -2.45. The van der Waals surface area contributed by atoms with Crippen molar-refractivity contribution in [2.75, 3.05) is 20.1 Å². The summed E-state index contributed by atoms with van der Waals surface area (Å²) in [5.41, 5.74) is -0.885. The average molecular weight is 216 g/mol. The maximum Gasteiger partial charge on any atom is 0.317 e. The zero-order valence-electron chi connectivity index (χ0n) is 9.83. The highest BCUT2D eigenvalue weighted by Crippen LogP contribution is 2.19. The van der Waals surface area contributed by atoms with E-state index in [1.807, 2.05) is 6.92 Å². The van der Waals surface area contributed by atoms with Gasteiger partial charge in [0.25, 0.3) is 0 Å². The number of carboxylic acid groups (broad SMARTS) is 1. The van der Waals surface area contributed by atoms with Gasteiger partial charge < -0.3 is 15.3 Å².